The Hall–Kier alpha value is -3.22. The van der Waals surface area contributed by atoms with Crippen LogP contribution in [-0.2, 0) is 4.79 Å². The molecule has 0 fully saturated rings. The highest BCUT2D eigenvalue weighted by Gasteiger charge is 2.10. The lowest BCUT2D eigenvalue weighted by Gasteiger charge is -2.08. The number of halogens is 1. The summed E-state index contributed by atoms with van der Waals surface area (Å²) in [7, 11) is 0. The summed E-state index contributed by atoms with van der Waals surface area (Å²) in [6.45, 7) is 2.41. The van der Waals surface area contributed by atoms with Crippen molar-refractivity contribution in [3.8, 4) is 5.75 Å². The standard InChI is InChI=1S/C19H19FN2O4/c1-2-26-16-9-5-13(6-10-16)17(11-12-18(23)24)21-22-19(25)14-3-7-15(20)8-4-14/h3-10H,2,11-12H2,1H3,(H,22,25)(H,23,24)/b21-17+. The van der Waals surface area contributed by atoms with Gasteiger partial charge in [-0.25, -0.2) is 9.82 Å². The second-order valence-corrected chi connectivity index (χ2v) is 5.36. The number of nitrogens with zero attached hydrogens (tertiary/aromatic N) is 1. The maximum Gasteiger partial charge on any atom is 0.303 e. The van der Waals surface area contributed by atoms with Gasteiger partial charge in [0.25, 0.3) is 5.91 Å². The average molecular weight is 358 g/mol. The molecule has 2 rings (SSSR count). The average Bonchev–Trinajstić information content (AvgIpc) is 2.63. The zero-order valence-corrected chi connectivity index (χ0v) is 14.2. The van der Waals surface area contributed by atoms with E-state index >= 15 is 0 Å². The van der Waals surface area contributed by atoms with Crippen molar-refractivity contribution in [2.45, 2.75) is 19.8 Å². The number of carbonyl (C=O) groups excluding carboxylic acids is 1. The smallest absolute Gasteiger partial charge is 0.303 e. The third-order valence-electron chi connectivity index (χ3n) is 3.47. The minimum atomic E-state index is -0.964. The van der Waals surface area contributed by atoms with E-state index in [1.54, 1.807) is 24.3 Å². The zero-order chi connectivity index (χ0) is 18.9. The van der Waals surface area contributed by atoms with Gasteiger partial charge < -0.3 is 9.84 Å². The predicted octanol–water partition coefficient (Wildman–Crippen LogP) is 3.22. The number of hydrogen-bond donors (Lipinski definition) is 2. The van der Waals surface area contributed by atoms with Crippen molar-refractivity contribution in [2.75, 3.05) is 6.61 Å². The molecule has 0 bridgehead atoms. The first kappa shape index (κ1) is 19.1. The van der Waals surface area contributed by atoms with E-state index in [0.717, 1.165) is 0 Å². The number of hydrazone groups is 1. The second-order valence-electron chi connectivity index (χ2n) is 5.36. The molecule has 0 aliphatic rings. The SMILES string of the molecule is CCOc1ccc(/C(CCC(=O)O)=N/NC(=O)c2ccc(F)cc2)cc1. The monoisotopic (exact) mass is 358 g/mol. The van der Waals surface area contributed by atoms with Crippen LogP contribution in [0.15, 0.2) is 53.6 Å². The third-order valence-corrected chi connectivity index (χ3v) is 3.47. The molecule has 7 heteroatoms. The molecular weight excluding hydrogens is 339 g/mol. The minimum absolute atomic E-state index is 0.127. The molecule has 136 valence electrons. The summed E-state index contributed by atoms with van der Waals surface area (Å²) >= 11 is 0. The van der Waals surface area contributed by atoms with E-state index in [4.69, 9.17) is 9.84 Å². The lowest BCUT2D eigenvalue weighted by atomic mass is 10.1. The Kier molecular flexibility index (Phi) is 6.84. The highest BCUT2D eigenvalue weighted by molar-refractivity contribution is 6.03. The van der Waals surface area contributed by atoms with Gasteiger partial charge in [-0.2, -0.15) is 5.10 Å². The number of aliphatic carboxylic acids is 1. The second kappa shape index (κ2) is 9.31. The fourth-order valence-electron chi connectivity index (χ4n) is 2.18. The van der Waals surface area contributed by atoms with Crippen molar-refractivity contribution >= 4 is 17.6 Å². The Morgan fingerprint density at radius 2 is 1.65 bits per heavy atom. The van der Waals surface area contributed by atoms with Gasteiger partial charge in [-0.05, 0) is 61.0 Å². The number of nitrogens with one attached hydrogen (secondary N) is 1. The molecule has 0 saturated heterocycles. The summed E-state index contributed by atoms with van der Waals surface area (Å²) in [5.41, 5.74) is 3.73. The predicted molar refractivity (Wildman–Crippen MR) is 94.9 cm³/mol. The van der Waals surface area contributed by atoms with E-state index in [9.17, 15) is 14.0 Å². The number of carboxylic acids is 1. The first-order valence-electron chi connectivity index (χ1n) is 8.07. The Balaban J connectivity index is 2.16. The van der Waals surface area contributed by atoms with Gasteiger partial charge in [0.15, 0.2) is 0 Å². The van der Waals surface area contributed by atoms with Gasteiger partial charge in [-0.3, -0.25) is 9.59 Å². The summed E-state index contributed by atoms with van der Waals surface area (Å²) in [4.78, 5) is 23.0. The number of ether oxygens (including phenoxy) is 1. The van der Waals surface area contributed by atoms with E-state index in [0.29, 0.717) is 23.6 Å². The normalized spacial score (nSPS) is 11.1. The minimum Gasteiger partial charge on any atom is -0.494 e. The van der Waals surface area contributed by atoms with Crippen molar-refractivity contribution < 1.29 is 23.8 Å². The molecule has 0 aliphatic heterocycles. The molecular formula is C19H19FN2O4. The van der Waals surface area contributed by atoms with Crippen LogP contribution >= 0.6 is 0 Å². The lowest BCUT2D eigenvalue weighted by Crippen LogP contribution is -2.20. The fourth-order valence-corrected chi connectivity index (χ4v) is 2.18. The van der Waals surface area contributed by atoms with E-state index < -0.39 is 17.7 Å². The largest absolute Gasteiger partial charge is 0.494 e. The molecule has 0 aromatic heterocycles. The van der Waals surface area contributed by atoms with Gasteiger partial charge in [0, 0.05) is 12.0 Å². The van der Waals surface area contributed by atoms with E-state index in [2.05, 4.69) is 10.5 Å². The summed E-state index contributed by atoms with van der Waals surface area (Å²) in [5, 5.41) is 13.0. The van der Waals surface area contributed by atoms with Crippen molar-refractivity contribution in [1.29, 1.82) is 0 Å². The summed E-state index contributed by atoms with van der Waals surface area (Å²) in [6, 6.07) is 12.0. The molecule has 0 heterocycles. The van der Waals surface area contributed by atoms with Crippen molar-refractivity contribution in [3.05, 3.63) is 65.5 Å². The Morgan fingerprint density at radius 1 is 1.04 bits per heavy atom. The summed E-state index contributed by atoms with van der Waals surface area (Å²) in [6.07, 6.45) is 0.0193. The third kappa shape index (κ3) is 5.70. The molecule has 0 spiro atoms. The highest BCUT2D eigenvalue weighted by atomic mass is 19.1. The van der Waals surface area contributed by atoms with Crippen LogP contribution in [-0.4, -0.2) is 29.3 Å². The molecule has 0 atom stereocenters. The van der Waals surface area contributed by atoms with E-state index in [-0.39, 0.29) is 18.4 Å². The van der Waals surface area contributed by atoms with Gasteiger partial charge in [-0.1, -0.05) is 0 Å². The zero-order valence-electron chi connectivity index (χ0n) is 14.2. The van der Waals surface area contributed by atoms with Crippen molar-refractivity contribution in [3.63, 3.8) is 0 Å². The van der Waals surface area contributed by atoms with Crippen LogP contribution < -0.4 is 10.2 Å². The van der Waals surface area contributed by atoms with Gasteiger partial charge in [0.2, 0.25) is 0 Å². The number of carboxylic acid groups (broad SMARTS) is 1. The molecule has 2 N–H and O–H groups in total. The van der Waals surface area contributed by atoms with Crippen LogP contribution in [0.5, 0.6) is 5.75 Å². The molecule has 1 amide bonds. The topological polar surface area (TPSA) is 88.0 Å². The van der Waals surface area contributed by atoms with Crippen molar-refractivity contribution in [1.82, 2.24) is 5.43 Å². The number of benzene rings is 2. The summed E-state index contributed by atoms with van der Waals surface area (Å²) < 4.78 is 18.3. The first-order valence-corrected chi connectivity index (χ1v) is 8.07. The number of rotatable bonds is 8. The van der Waals surface area contributed by atoms with Crippen LogP contribution in [0.3, 0.4) is 0 Å². The molecule has 0 unspecified atom stereocenters. The maximum absolute atomic E-state index is 12.9. The fraction of sp³-hybridized carbons (Fsp3) is 0.211. The maximum atomic E-state index is 12.9. The van der Waals surface area contributed by atoms with E-state index in [1.165, 1.54) is 24.3 Å². The van der Waals surface area contributed by atoms with Crippen LogP contribution in [0.4, 0.5) is 4.39 Å². The van der Waals surface area contributed by atoms with E-state index in [1.807, 2.05) is 6.92 Å². The van der Waals surface area contributed by atoms with Gasteiger partial charge in [-0.15, -0.1) is 0 Å². The number of amides is 1. The molecule has 2 aromatic rings. The summed E-state index contributed by atoms with van der Waals surface area (Å²) in [5.74, 6) is -1.23. The number of carbonyl (C=O) groups is 2. The molecule has 26 heavy (non-hydrogen) atoms. The molecule has 0 saturated carbocycles. The molecule has 0 aliphatic carbocycles. The Labute approximate surface area is 150 Å². The quantitative estimate of drug-likeness (QED) is 0.560. The van der Waals surface area contributed by atoms with Crippen LogP contribution in [0.2, 0.25) is 0 Å². The molecule has 2 aromatic carbocycles. The highest BCUT2D eigenvalue weighted by Crippen LogP contribution is 2.15. The van der Waals surface area contributed by atoms with Gasteiger partial charge in [0.1, 0.15) is 11.6 Å². The van der Waals surface area contributed by atoms with Gasteiger partial charge in [0.05, 0.1) is 18.7 Å². The molecule has 0 radical (unpaired) electrons. The van der Waals surface area contributed by atoms with Crippen LogP contribution in [0, 0.1) is 5.82 Å². The van der Waals surface area contributed by atoms with Gasteiger partial charge >= 0.3 is 5.97 Å². The lowest BCUT2D eigenvalue weighted by molar-refractivity contribution is -0.136. The molecule has 6 nitrogen and oxygen atoms in total. The van der Waals surface area contributed by atoms with Crippen molar-refractivity contribution in [2.24, 2.45) is 5.10 Å². The number of hydrogen-bond acceptors (Lipinski definition) is 4. The van der Waals surface area contributed by atoms with Crippen LogP contribution in [0.1, 0.15) is 35.7 Å². The first-order chi connectivity index (χ1) is 12.5. The Morgan fingerprint density at radius 3 is 2.23 bits per heavy atom. The van der Waals surface area contributed by atoms with Crippen LogP contribution in [0.25, 0.3) is 0 Å². The Bertz CT molecular complexity index is 786.